The molecule has 1 spiro atoms. The number of carbonyl (C=O) groups is 1. The van der Waals surface area contributed by atoms with Crippen LogP contribution in [0.1, 0.15) is 32.1 Å². The van der Waals surface area contributed by atoms with Gasteiger partial charge in [-0.25, -0.2) is 0 Å². The fourth-order valence-corrected chi connectivity index (χ4v) is 3.26. The number of hydrogen-bond donors (Lipinski definition) is 1. The highest BCUT2D eigenvalue weighted by Gasteiger charge is 2.57. The minimum atomic E-state index is -0.104. The molecule has 1 N–H and O–H groups in total. The maximum Gasteiger partial charge on any atom is 0.244 e. The summed E-state index contributed by atoms with van der Waals surface area (Å²) < 4.78 is 0. The molecule has 1 atom stereocenters. The first-order valence-corrected chi connectivity index (χ1v) is 6.59. The number of nitrogens with zero attached hydrogens (tertiary/aromatic N) is 2. The molecule has 2 saturated carbocycles. The van der Waals surface area contributed by atoms with E-state index in [1.807, 2.05) is 0 Å². The van der Waals surface area contributed by atoms with E-state index < -0.39 is 0 Å². The largest absolute Gasteiger partial charge is 0.324 e. The van der Waals surface area contributed by atoms with E-state index in [0.29, 0.717) is 11.9 Å². The monoisotopic (exact) mass is 221 g/mol. The van der Waals surface area contributed by atoms with Gasteiger partial charge in [0.1, 0.15) is 0 Å². The van der Waals surface area contributed by atoms with E-state index >= 15 is 0 Å². The molecule has 0 radical (unpaired) electrons. The van der Waals surface area contributed by atoms with Crippen LogP contribution in [0, 0.1) is 0 Å². The van der Waals surface area contributed by atoms with Gasteiger partial charge in [0.2, 0.25) is 5.91 Å². The maximum absolute atomic E-state index is 12.2. The van der Waals surface area contributed by atoms with E-state index in [2.05, 4.69) is 15.1 Å². The first-order chi connectivity index (χ1) is 7.78. The summed E-state index contributed by atoms with van der Waals surface area (Å²) in [5, 5.41) is 3.40. The van der Waals surface area contributed by atoms with Gasteiger partial charge in [-0.05, 0) is 32.1 Å². The molecule has 0 aromatic rings. The summed E-state index contributed by atoms with van der Waals surface area (Å²) in [5.41, 5.74) is -0.104. The van der Waals surface area contributed by atoms with Gasteiger partial charge in [-0.15, -0.1) is 0 Å². The second-order valence-corrected chi connectivity index (χ2v) is 5.86. The summed E-state index contributed by atoms with van der Waals surface area (Å²) in [6.07, 6.45) is 6.05. The van der Waals surface area contributed by atoms with Crippen molar-refractivity contribution in [2.75, 3.05) is 19.8 Å². The van der Waals surface area contributed by atoms with Crippen molar-refractivity contribution in [1.29, 1.82) is 0 Å². The molecular weight excluding hydrogens is 202 g/mol. The van der Waals surface area contributed by atoms with Gasteiger partial charge in [0.05, 0.1) is 12.2 Å². The summed E-state index contributed by atoms with van der Waals surface area (Å²) in [6, 6.07) is 1.34. The van der Waals surface area contributed by atoms with Gasteiger partial charge < -0.3 is 4.90 Å². The Labute approximate surface area is 96.0 Å². The third-order valence-corrected chi connectivity index (χ3v) is 4.71. The minimum Gasteiger partial charge on any atom is -0.324 e. The molecule has 2 aliphatic heterocycles. The molecule has 1 unspecified atom stereocenters. The van der Waals surface area contributed by atoms with Crippen molar-refractivity contribution in [1.82, 2.24) is 15.1 Å². The summed E-state index contributed by atoms with van der Waals surface area (Å²) in [4.78, 5) is 16.9. The third-order valence-electron chi connectivity index (χ3n) is 4.71. The maximum atomic E-state index is 12.2. The van der Waals surface area contributed by atoms with E-state index in [4.69, 9.17) is 0 Å². The van der Waals surface area contributed by atoms with E-state index in [1.54, 1.807) is 0 Å². The zero-order chi connectivity index (χ0) is 10.8. The number of amides is 1. The molecule has 4 heteroatoms. The average molecular weight is 221 g/mol. The van der Waals surface area contributed by atoms with Crippen LogP contribution in [0.5, 0.6) is 0 Å². The molecule has 2 heterocycles. The van der Waals surface area contributed by atoms with Gasteiger partial charge in [0, 0.05) is 25.2 Å². The summed E-state index contributed by atoms with van der Waals surface area (Å²) >= 11 is 0. The smallest absolute Gasteiger partial charge is 0.244 e. The highest BCUT2D eigenvalue weighted by Crippen LogP contribution is 2.41. The molecule has 0 bridgehead atoms. The number of carbonyl (C=O) groups excluding carboxylic acids is 1. The molecule has 88 valence electrons. The van der Waals surface area contributed by atoms with Crippen molar-refractivity contribution >= 4 is 5.91 Å². The Bertz CT molecular complexity index is 335. The highest BCUT2D eigenvalue weighted by atomic mass is 16.2. The van der Waals surface area contributed by atoms with Crippen molar-refractivity contribution in [2.24, 2.45) is 0 Å². The lowest BCUT2D eigenvalue weighted by Gasteiger charge is -2.24. The Kier molecular flexibility index (Phi) is 1.76. The Morgan fingerprint density at radius 1 is 1.19 bits per heavy atom. The molecular formula is C12H19N3O. The normalized spacial score (nSPS) is 37.6. The van der Waals surface area contributed by atoms with Crippen LogP contribution in [0.2, 0.25) is 0 Å². The second kappa shape index (κ2) is 2.99. The van der Waals surface area contributed by atoms with Crippen LogP contribution in [0.4, 0.5) is 0 Å². The standard InChI is InChI=1S/C12H19N3O/c16-11-12(4-5-12)13-8-15(11)10-3-6-14(7-10)9-1-2-9/h9-10,13H,1-8H2. The van der Waals surface area contributed by atoms with Crippen LogP contribution < -0.4 is 5.32 Å². The fourth-order valence-electron chi connectivity index (χ4n) is 3.26. The quantitative estimate of drug-likeness (QED) is 0.721. The topological polar surface area (TPSA) is 35.6 Å². The number of hydrogen-bond acceptors (Lipinski definition) is 3. The van der Waals surface area contributed by atoms with Crippen molar-refractivity contribution in [2.45, 2.75) is 49.7 Å². The highest BCUT2D eigenvalue weighted by molar-refractivity contribution is 5.91. The predicted octanol–water partition coefficient (Wildman–Crippen LogP) is 0.145. The minimum absolute atomic E-state index is 0.104. The van der Waals surface area contributed by atoms with Crippen LogP contribution >= 0.6 is 0 Å². The van der Waals surface area contributed by atoms with Crippen LogP contribution in [0.3, 0.4) is 0 Å². The average Bonchev–Trinajstić information content (AvgIpc) is 3.17. The lowest BCUT2D eigenvalue weighted by Crippen LogP contribution is -2.41. The van der Waals surface area contributed by atoms with Crippen molar-refractivity contribution < 1.29 is 4.79 Å². The molecule has 0 aromatic heterocycles. The Morgan fingerprint density at radius 2 is 2.00 bits per heavy atom. The number of rotatable bonds is 2. The van der Waals surface area contributed by atoms with Crippen LogP contribution in [-0.2, 0) is 4.79 Å². The number of nitrogens with one attached hydrogen (secondary N) is 1. The first kappa shape index (κ1) is 9.42. The SMILES string of the molecule is O=C1N(C2CCN(C3CC3)C2)CNC12CC2. The molecule has 16 heavy (non-hydrogen) atoms. The Balaban J connectivity index is 1.45. The molecule has 4 fully saturated rings. The van der Waals surface area contributed by atoms with Gasteiger partial charge >= 0.3 is 0 Å². The molecule has 1 amide bonds. The zero-order valence-electron chi connectivity index (χ0n) is 9.61. The summed E-state index contributed by atoms with van der Waals surface area (Å²) in [6.45, 7) is 3.11. The lowest BCUT2D eigenvalue weighted by atomic mass is 10.2. The molecule has 0 aromatic carbocycles. The Morgan fingerprint density at radius 3 is 2.62 bits per heavy atom. The van der Waals surface area contributed by atoms with Crippen molar-refractivity contribution in [3.63, 3.8) is 0 Å². The first-order valence-electron chi connectivity index (χ1n) is 6.59. The summed E-state index contributed by atoms with van der Waals surface area (Å²) in [5.74, 6) is 0.384. The van der Waals surface area contributed by atoms with Crippen molar-refractivity contribution in [3.05, 3.63) is 0 Å². The van der Waals surface area contributed by atoms with Gasteiger partial charge in [0.15, 0.2) is 0 Å². The lowest BCUT2D eigenvalue weighted by molar-refractivity contribution is -0.131. The van der Waals surface area contributed by atoms with Crippen molar-refractivity contribution in [3.8, 4) is 0 Å². The molecule has 2 saturated heterocycles. The van der Waals surface area contributed by atoms with Gasteiger partial charge in [-0.1, -0.05) is 0 Å². The molecule has 4 nitrogen and oxygen atoms in total. The number of likely N-dealkylation sites (tertiary alicyclic amines) is 1. The van der Waals surface area contributed by atoms with Crippen LogP contribution in [-0.4, -0.2) is 53.1 Å². The second-order valence-electron chi connectivity index (χ2n) is 5.86. The van der Waals surface area contributed by atoms with Crippen LogP contribution in [0.25, 0.3) is 0 Å². The fraction of sp³-hybridized carbons (Fsp3) is 0.917. The Hall–Kier alpha value is -0.610. The van der Waals surface area contributed by atoms with Crippen LogP contribution in [0.15, 0.2) is 0 Å². The van der Waals surface area contributed by atoms with Gasteiger partial charge in [-0.2, -0.15) is 0 Å². The summed E-state index contributed by atoms with van der Waals surface area (Å²) in [7, 11) is 0. The van der Waals surface area contributed by atoms with Gasteiger partial charge in [-0.3, -0.25) is 15.0 Å². The van der Waals surface area contributed by atoms with E-state index in [-0.39, 0.29) is 5.54 Å². The molecule has 4 rings (SSSR count). The predicted molar refractivity (Wildman–Crippen MR) is 59.8 cm³/mol. The van der Waals surface area contributed by atoms with E-state index in [9.17, 15) is 4.79 Å². The molecule has 2 aliphatic carbocycles. The van der Waals surface area contributed by atoms with E-state index in [1.165, 1.54) is 25.8 Å². The van der Waals surface area contributed by atoms with E-state index in [0.717, 1.165) is 32.1 Å². The van der Waals surface area contributed by atoms with Gasteiger partial charge in [0.25, 0.3) is 0 Å². The third kappa shape index (κ3) is 1.26. The zero-order valence-corrected chi connectivity index (χ0v) is 9.61. The molecule has 4 aliphatic rings.